The molecule has 106 valence electrons. The predicted octanol–water partition coefficient (Wildman–Crippen LogP) is 2.52. The summed E-state index contributed by atoms with van der Waals surface area (Å²) in [5.41, 5.74) is 1.03. The molecule has 5 heteroatoms. The Morgan fingerprint density at radius 2 is 1.84 bits per heavy atom. The summed E-state index contributed by atoms with van der Waals surface area (Å²) in [6.45, 7) is 2.82. The van der Waals surface area contributed by atoms with Crippen molar-refractivity contribution < 1.29 is 17.3 Å². The molecule has 1 aromatic rings. The minimum atomic E-state index is -3.64. The highest BCUT2D eigenvalue weighted by Gasteiger charge is 2.43. The van der Waals surface area contributed by atoms with Crippen molar-refractivity contribution in [2.24, 2.45) is 5.41 Å². The molecule has 1 aliphatic carbocycles. The van der Waals surface area contributed by atoms with E-state index in [-0.39, 0.29) is 16.9 Å². The van der Waals surface area contributed by atoms with Crippen LogP contribution >= 0.6 is 0 Å². The van der Waals surface area contributed by atoms with Crippen LogP contribution in [-0.2, 0) is 19.0 Å². The molecule has 0 unspecified atom stereocenters. The summed E-state index contributed by atoms with van der Waals surface area (Å²) in [5, 5.41) is 0. The third kappa shape index (κ3) is 3.78. The summed E-state index contributed by atoms with van der Waals surface area (Å²) in [6.07, 6.45) is 2.88. The maximum Gasteiger partial charge on any atom is 0.296 e. The molecule has 1 aliphatic rings. The second kappa shape index (κ2) is 5.61. The summed E-state index contributed by atoms with van der Waals surface area (Å²) in [6, 6.07) is 6.71. The Morgan fingerprint density at radius 1 is 1.21 bits per heavy atom. The van der Waals surface area contributed by atoms with E-state index in [1.54, 1.807) is 31.4 Å². The van der Waals surface area contributed by atoms with Gasteiger partial charge in [0.1, 0.15) is 0 Å². The van der Waals surface area contributed by atoms with Gasteiger partial charge in [-0.1, -0.05) is 17.7 Å². The Kier molecular flexibility index (Phi) is 4.28. The fraction of sp³-hybridized carbons (Fsp3) is 0.571. The molecule has 0 saturated heterocycles. The number of hydrogen-bond donors (Lipinski definition) is 0. The van der Waals surface area contributed by atoms with Crippen molar-refractivity contribution in [1.82, 2.24) is 0 Å². The van der Waals surface area contributed by atoms with E-state index < -0.39 is 10.1 Å². The summed E-state index contributed by atoms with van der Waals surface area (Å²) < 4.78 is 34.3. The second-order valence-electron chi connectivity index (χ2n) is 5.27. The van der Waals surface area contributed by atoms with Gasteiger partial charge >= 0.3 is 0 Å². The van der Waals surface area contributed by atoms with Gasteiger partial charge < -0.3 is 4.74 Å². The first kappa shape index (κ1) is 14.5. The summed E-state index contributed by atoms with van der Waals surface area (Å²) in [4.78, 5) is 0.223. The van der Waals surface area contributed by atoms with Crippen LogP contribution in [0.25, 0.3) is 0 Å². The first-order chi connectivity index (χ1) is 8.97. The van der Waals surface area contributed by atoms with Crippen LogP contribution in [0.4, 0.5) is 0 Å². The van der Waals surface area contributed by atoms with Crippen molar-refractivity contribution in [1.29, 1.82) is 0 Å². The van der Waals surface area contributed by atoms with Crippen molar-refractivity contribution in [2.75, 3.05) is 20.3 Å². The number of ether oxygens (including phenoxy) is 1. The van der Waals surface area contributed by atoms with Crippen molar-refractivity contribution in [2.45, 2.75) is 31.1 Å². The van der Waals surface area contributed by atoms with Gasteiger partial charge in [-0.25, -0.2) is 0 Å². The molecule has 0 aromatic heterocycles. The monoisotopic (exact) mass is 284 g/mol. The lowest BCUT2D eigenvalue weighted by Crippen LogP contribution is -2.17. The molecule has 2 rings (SSSR count). The first-order valence-corrected chi connectivity index (χ1v) is 7.83. The second-order valence-corrected chi connectivity index (χ2v) is 6.89. The summed E-state index contributed by atoms with van der Waals surface area (Å²) >= 11 is 0. The highest BCUT2D eigenvalue weighted by molar-refractivity contribution is 7.86. The lowest BCUT2D eigenvalue weighted by molar-refractivity contribution is 0.147. The van der Waals surface area contributed by atoms with Crippen LogP contribution in [0.3, 0.4) is 0 Å². The van der Waals surface area contributed by atoms with Crippen LogP contribution in [-0.4, -0.2) is 28.7 Å². The normalized spacial score (nSPS) is 17.4. The molecule has 0 spiro atoms. The predicted molar refractivity (Wildman–Crippen MR) is 72.5 cm³/mol. The Morgan fingerprint density at radius 3 is 2.37 bits per heavy atom. The molecule has 0 bridgehead atoms. The van der Waals surface area contributed by atoms with E-state index in [2.05, 4.69) is 0 Å². The van der Waals surface area contributed by atoms with Crippen molar-refractivity contribution in [3.63, 3.8) is 0 Å². The van der Waals surface area contributed by atoms with E-state index in [9.17, 15) is 8.42 Å². The van der Waals surface area contributed by atoms with Crippen molar-refractivity contribution in [3.8, 4) is 0 Å². The largest absolute Gasteiger partial charge is 0.385 e. The molecular formula is C14H20O4S. The van der Waals surface area contributed by atoms with Crippen LogP contribution in [0, 0.1) is 12.3 Å². The van der Waals surface area contributed by atoms with Gasteiger partial charge in [-0.3, -0.25) is 4.18 Å². The zero-order valence-electron chi connectivity index (χ0n) is 11.4. The van der Waals surface area contributed by atoms with E-state index >= 15 is 0 Å². The van der Waals surface area contributed by atoms with Crippen LogP contribution in [0.2, 0.25) is 0 Å². The Hall–Kier alpha value is -0.910. The van der Waals surface area contributed by atoms with Crippen LogP contribution < -0.4 is 0 Å². The number of methoxy groups -OCH3 is 1. The number of aryl methyl sites for hydroxylation is 1. The van der Waals surface area contributed by atoms with Gasteiger partial charge in [0.05, 0.1) is 11.5 Å². The summed E-state index contributed by atoms with van der Waals surface area (Å²) in [5.74, 6) is 0. The highest BCUT2D eigenvalue weighted by Crippen LogP contribution is 2.49. The third-order valence-corrected chi connectivity index (χ3v) is 4.90. The lowest BCUT2D eigenvalue weighted by Gasteiger charge is -2.14. The van der Waals surface area contributed by atoms with E-state index in [0.717, 1.165) is 24.8 Å². The van der Waals surface area contributed by atoms with E-state index in [1.165, 1.54) is 0 Å². The fourth-order valence-corrected chi connectivity index (χ4v) is 2.95. The zero-order chi connectivity index (χ0) is 13.9. The van der Waals surface area contributed by atoms with Gasteiger partial charge in [-0.2, -0.15) is 8.42 Å². The number of benzene rings is 1. The van der Waals surface area contributed by atoms with Gasteiger partial charge in [0.25, 0.3) is 10.1 Å². The molecule has 0 radical (unpaired) electrons. The molecule has 0 aliphatic heterocycles. The minimum absolute atomic E-state index is 0.00772. The number of rotatable bonds is 7. The highest BCUT2D eigenvalue weighted by atomic mass is 32.2. The molecule has 1 saturated carbocycles. The topological polar surface area (TPSA) is 52.6 Å². The van der Waals surface area contributed by atoms with Gasteiger partial charge in [0.2, 0.25) is 0 Å². The lowest BCUT2D eigenvalue weighted by atomic mass is 10.1. The molecule has 0 atom stereocenters. The fourth-order valence-electron chi connectivity index (χ4n) is 1.94. The summed E-state index contributed by atoms with van der Waals surface area (Å²) in [7, 11) is -1.98. The van der Waals surface area contributed by atoms with Crippen molar-refractivity contribution in [3.05, 3.63) is 29.8 Å². The Bertz CT molecular complexity index is 515. The van der Waals surface area contributed by atoms with Crippen LogP contribution in [0.15, 0.2) is 29.2 Å². The molecule has 1 aromatic carbocycles. The minimum Gasteiger partial charge on any atom is -0.385 e. The van der Waals surface area contributed by atoms with Gasteiger partial charge in [-0.15, -0.1) is 0 Å². The Labute approximate surface area is 114 Å². The molecule has 0 heterocycles. The van der Waals surface area contributed by atoms with Crippen molar-refractivity contribution >= 4 is 10.1 Å². The van der Waals surface area contributed by atoms with Crippen LogP contribution in [0.1, 0.15) is 24.8 Å². The molecule has 0 amide bonds. The van der Waals surface area contributed by atoms with E-state index in [0.29, 0.717) is 6.61 Å². The number of hydrogen-bond acceptors (Lipinski definition) is 4. The smallest absolute Gasteiger partial charge is 0.296 e. The van der Waals surface area contributed by atoms with Gasteiger partial charge in [0.15, 0.2) is 0 Å². The maximum absolute atomic E-state index is 12.0. The van der Waals surface area contributed by atoms with E-state index in [1.807, 2.05) is 6.92 Å². The standard InChI is InChI=1S/C14H20O4S/c1-12-3-5-13(6-4-12)19(15,16)18-11-14(7-8-14)9-10-17-2/h3-6H,7-11H2,1-2H3. The molecule has 1 fully saturated rings. The average Bonchev–Trinajstić information content (AvgIpc) is 3.16. The first-order valence-electron chi connectivity index (χ1n) is 6.43. The van der Waals surface area contributed by atoms with E-state index in [4.69, 9.17) is 8.92 Å². The zero-order valence-corrected chi connectivity index (χ0v) is 12.2. The molecule has 19 heavy (non-hydrogen) atoms. The van der Waals surface area contributed by atoms with Gasteiger partial charge in [0, 0.05) is 13.7 Å². The Balaban J connectivity index is 1.96. The average molecular weight is 284 g/mol. The van der Waals surface area contributed by atoms with Crippen LogP contribution in [0.5, 0.6) is 0 Å². The SMILES string of the molecule is COCCC1(COS(=O)(=O)c2ccc(C)cc2)CC1. The third-order valence-electron chi connectivity index (χ3n) is 3.62. The molecule has 4 nitrogen and oxygen atoms in total. The molecule has 0 N–H and O–H groups in total. The van der Waals surface area contributed by atoms with Gasteiger partial charge in [-0.05, 0) is 43.7 Å². The maximum atomic E-state index is 12.0. The quantitative estimate of drug-likeness (QED) is 0.722. The molecular weight excluding hydrogens is 264 g/mol.